The molecule has 5 nitrogen and oxygen atoms in total. The van der Waals surface area contributed by atoms with E-state index in [1.165, 1.54) is 29.0 Å². The highest BCUT2D eigenvalue weighted by atomic mass is 19.3. The molecule has 166 valence electrons. The van der Waals surface area contributed by atoms with Crippen LogP contribution in [0.25, 0.3) is 6.08 Å². The number of carbonyl (C=O) groups excluding carboxylic acids is 1. The van der Waals surface area contributed by atoms with Gasteiger partial charge in [-0.25, -0.2) is 0 Å². The number of nitrogens with zero attached hydrogens (tertiary/aromatic N) is 2. The Kier molecular flexibility index (Phi) is 7.50. The minimum Gasteiger partial charge on any atom is -0.490 e. The van der Waals surface area contributed by atoms with E-state index in [-0.39, 0.29) is 17.4 Å². The van der Waals surface area contributed by atoms with E-state index in [9.17, 15) is 13.6 Å². The fraction of sp³-hybridized carbons (Fsp3) is 0.375. The minimum atomic E-state index is -2.93. The first kappa shape index (κ1) is 22.6. The molecule has 2 aromatic rings. The van der Waals surface area contributed by atoms with Crippen LogP contribution in [0.1, 0.15) is 23.6 Å². The molecule has 7 heteroatoms. The van der Waals surface area contributed by atoms with Crippen molar-refractivity contribution in [2.45, 2.75) is 27.4 Å². The zero-order valence-electron chi connectivity index (χ0n) is 18.1. The summed E-state index contributed by atoms with van der Waals surface area (Å²) in [6.07, 6.45) is 3.17. The summed E-state index contributed by atoms with van der Waals surface area (Å²) in [4.78, 5) is 16.8. The van der Waals surface area contributed by atoms with Crippen LogP contribution in [0.3, 0.4) is 0 Å². The van der Waals surface area contributed by atoms with Crippen LogP contribution in [0, 0.1) is 13.8 Å². The van der Waals surface area contributed by atoms with E-state index in [0.717, 1.165) is 13.1 Å². The highest BCUT2D eigenvalue weighted by molar-refractivity contribution is 5.92. The zero-order valence-corrected chi connectivity index (χ0v) is 18.1. The third-order valence-corrected chi connectivity index (χ3v) is 5.41. The summed E-state index contributed by atoms with van der Waals surface area (Å²) in [5, 5.41) is 0. The maximum absolute atomic E-state index is 12.6. The number of hydrogen-bond acceptors (Lipinski definition) is 4. The number of anilines is 1. The fourth-order valence-electron chi connectivity index (χ4n) is 3.61. The lowest BCUT2D eigenvalue weighted by Gasteiger charge is -2.36. The molecule has 0 spiro atoms. The van der Waals surface area contributed by atoms with Gasteiger partial charge in [-0.05, 0) is 61.7 Å². The van der Waals surface area contributed by atoms with Gasteiger partial charge in [-0.3, -0.25) is 4.79 Å². The molecule has 0 aliphatic carbocycles. The van der Waals surface area contributed by atoms with Gasteiger partial charge in [0.1, 0.15) is 0 Å². The molecule has 1 heterocycles. The van der Waals surface area contributed by atoms with Gasteiger partial charge in [-0.1, -0.05) is 18.2 Å². The first-order valence-corrected chi connectivity index (χ1v) is 10.4. The van der Waals surface area contributed by atoms with Crippen LogP contribution in [-0.4, -0.2) is 50.2 Å². The second kappa shape index (κ2) is 10.3. The minimum absolute atomic E-state index is 0.0251. The molecule has 0 radical (unpaired) electrons. The van der Waals surface area contributed by atoms with Crippen LogP contribution in [-0.2, 0) is 4.79 Å². The van der Waals surface area contributed by atoms with Crippen LogP contribution >= 0.6 is 0 Å². The Morgan fingerprint density at radius 1 is 1.10 bits per heavy atom. The fourth-order valence-corrected chi connectivity index (χ4v) is 3.61. The summed E-state index contributed by atoms with van der Waals surface area (Å²) in [5.74, 6) is 0.119. The first-order valence-electron chi connectivity index (χ1n) is 10.4. The predicted molar refractivity (Wildman–Crippen MR) is 118 cm³/mol. The Bertz CT molecular complexity index is 938. The van der Waals surface area contributed by atoms with Crippen molar-refractivity contribution >= 4 is 17.7 Å². The third kappa shape index (κ3) is 5.75. The summed E-state index contributed by atoms with van der Waals surface area (Å²) < 4.78 is 34.9. The van der Waals surface area contributed by atoms with E-state index in [0.29, 0.717) is 25.3 Å². The van der Waals surface area contributed by atoms with Crippen molar-refractivity contribution in [3.8, 4) is 11.5 Å². The molecule has 0 unspecified atom stereocenters. The van der Waals surface area contributed by atoms with Crippen LogP contribution < -0.4 is 14.4 Å². The van der Waals surface area contributed by atoms with Crippen LogP contribution in [0.15, 0.2) is 42.5 Å². The Morgan fingerprint density at radius 3 is 2.52 bits per heavy atom. The molecule has 0 atom stereocenters. The number of rotatable bonds is 7. The number of halogens is 2. The molecule has 2 aromatic carbocycles. The number of benzene rings is 2. The van der Waals surface area contributed by atoms with E-state index >= 15 is 0 Å². The molecule has 1 saturated heterocycles. The van der Waals surface area contributed by atoms with Gasteiger partial charge in [0.05, 0.1) is 6.61 Å². The van der Waals surface area contributed by atoms with Crippen molar-refractivity contribution in [2.75, 3.05) is 37.7 Å². The summed E-state index contributed by atoms with van der Waals surface area (Å²) >= 11 is 0. The molecule has 31 heavy (non-hydrogen) atoms. The number of alkyl halides is 2. The van der Waals surface area contributed by atoms with Gasteiger partial charge in [0.25, 0.3) is 0 Å². The molecule has 0 bridgehead atoms. The van der Waals surface area contributed by atoms with Gasteiger partial charge in [0.15, 0.2) is 11.5 Å². The highest BCUT2D eigenvalue weighted by Crippen LogP contribution is 2.30. The molecule has 1 aliphatic heterocycles. The van der Waals surface area contributed by atoms with Crippen molar-refractivity contribution in [3.05, 3.63) is 59.2 Å². The summed E-state index contributed by atoms with van der Waals surface area (Å²) in [6.45, 7) is 6.21. The van der Waals surface area contributed by atoms with E-state index < -0.39 is 6.61 Å². The van der Waals surface area contributed by atoms with Crippen LogP contribution in [0.2, 0.25) is 0 Å². The summed E-state index contributed by atoms with van der Waals surface area (Å²) in [5.41, 5.74) is 4.42. The first-order chi connectivity index (χ1) is 14.9. The zero-order chi connectivity index (χ0) is 22.4. The molecular formula is C24H28F2N2O3. The molecule has 1 amide bonds. The summed E-state index contributed by atoms with van der Waals surface area (Å²) in [6, 6.07) is 10.9. The highest BCUT2D eigenvalue weighted by Gasteiger charge is 2.21. The van der Waals surface area contributed by atoms with Gasteiger partial charge in [-0.15, -0.1) is 0 Å². The van der Waals surface area contributed by atoms with Crippen molar-refractivity contribution in [3.63, 3.8) is 0 Å². The van der Waals surface area contributed by atoms with E-state index in [1.807, 2.05) is 4.90 Å². The largest absolute Gasteiger partial charge is 0.490 e. The van der Waals surface area contributed by atoms with E-state index in [1.54, 1.807) is 25.1 Å². The maximum Gasteiger partial charge on any atom is 0.387 e. The second-order valence-electron chi connectivity index (χ2n) is 7.38. The Morgan fingerprint density at radius 2 is 1.84 bits per heavy atom. The van der Waals surface area contributed by atoms with Crippen LogP contribution in [0.4, 0.5) is 14.5 Å². The van der Waals surface area contributed by atoms with E-state index in [2.05, 4.69) is 41.7 Å². The Hall–Kier alpha value is -3.09. The van der Waals surface area contributed by atoms with Gasteiger partial charge in [0.2, 0.25) is 5.91 Å². The number of amides is 1. The lowest BCUT2D eigenvalue weighted by atomic mass is 10.1. The SMILES string of the molecule is CCOc1cc(C=CC(=O)N2CCN(c3cccc(C)c3C)CC2)ccc1OC(F)F. The molecule has 1 fully saturated rings. The number of hydrogen-bond donors (Lipinski definition) is 0. The van der Waals surface area contributed by atoms with Gasteiger partial charge < -0.3 is 19.3 Å². The number of ether oxygens (including phenoxy) is 2. The second-order valence-corrected chi connectivity index (χ2v) is 7.38. The van der Waals surface area contributed by atoms with E-state index in [4.69, 9.17) is 4.74 Å². The van der Waals surface area contributed by atoms with Gasteiger partial charge >= 0.3 is 6.61 Å². The quantitative estimate of drug-likeness (QED) is 0.599. The molecular weight excluding hydrogens is 402 g/mol. The maximum atomic E-state index is 12.6. The van der Waals surface area contributed by atoms with Crippen molar-refractivity contribution in [1.82, 2.24) is 4.90 Å². The monoisotopic (exact) mass is 430 g/mol. The predicted octanol–water partition coefficient (Wildman–Crippen LogP) is 4.67. The summed E-state index contributed by atoms with van der Waals surface area (Å²) in [7, 11) is 0. The van der Waals surface area contributed by atoms with Gasteiger partial charge in [-0.2, -0.15) is 8.78 Å². The number of aryl methyl sites for hydroxylation is 1. The van der Waals surface area contributed by atoms with Crippen LogP contribution in [0.5, 0.6) is 11.5 Å². The molecule has 0 aromatic heterocycles. The number of piperazine rings is 1. The average molecular weight is 430 g/mol. The molecule has 0 saturated carbocycles. The Balaban J connectivity index is 1.62. The van der Waals surface area contributed by atoms with Crippen molar-refractivity contribution in [2.24, 2.45) is 0 Å². The Labute approximate surface area is 181 Å². The average Bonchev–Trinajstić information content (AvgIpc) is 2.75. The van der Waals surface area contributed by atoms with Gasteiger partial charge in [0, 0.05) is 37.9 Å². The molecule has 0 N–H and O–H groups in total. The molecule has 1 aliphatic rings. The smallest absolute Gasteiger partial charge is 0.387 e. The van der Waals surface area contributed by atoms with Crippen molar-refractivity contribution < 1.29 is 23.0 Å². The third-order valence-electron chi connectivity index (χ3n) is 5.41. The normalized spacial score (nSPS) is 14.4. The standard InChI is InChI=1S/C24H28F2N2O3/c1-4-30-22-16-19(8-10-21(22)31-24(25)26)9-11-23(29)28-14-12-27(13-15-28)20-7-5-6-17(2)18(20)3/h5-11,16,24H,4,12-15H2,1-3H3. The van der Waals surface area contributed by atoms with Crippen molar-refractivity contribution in [1.29, 1.82) is 0 Å². The topological polar surface area (TPSA) is 42.0 Å². The number of carbonyl (C=O) groups is 1. The molecule has 3 rings (SSSR count). The lowest BCUT2D eigenvalue weighted by Crippen LogP contribution is -2.48. The lowest BCUT2D eigenvalue weighted by molar-refractivity contribution is -0.126.